The molecule has 2 heteroatoms. The third kappa shape index (κ3) is 5.01. The first-order valence-corrected chi connectivity index (χ1v) is 6.77. The Morgan fingerprint density at radius 2 is 1.79 bits per heavy atom. The van der Waals surface area contributed by atoms with Crippen LogP contribution < -0.4 is 0 Å². The summed E-state index contributed by atoms with van der Waals surface area (Å²) in [4.78, 5) is 2.21. The van der Waals surface area contributed by atoms with Crippen molar-refractivity contribution in [2.24, 2.45) is 0 Å². The molecule has 0 spiro atoms. The van der Waals surface area contributed by atoms with Crippen molar-refractivity contribution >= 4 is 0 Å². The van der Waals surface area contributed by atoms with Crippen LogP contribution in [0.25, 0.3) is 0 Å². The third-order valence-corrected chi connectivity index (χ3v) is 3.41. The summed E-state index contributed by atoms with van der Waals surface area (Å²) in [5.74, 6) is 0. The van der Waals surface area contributed by atoms with E-state index in [0.717, 1.165) is 31.6 Å². The molecule has 0 saturated carbocycles. The summed E-state index contributed by atoms with van der Waals surface area (Å²) < 4.78 is 0. The van der Waals surface area contributed by atoms with E-state index in [2.05, 4.69) is 44.0 Å². The summed E-state index contributed by atoms with van der Waals surface area (Å²) in [5.41, 5.74) is 3.49. The topological polar surface area (TPSA) is 23.5 Å². The molecule has 104 valence electrons. The molecule has 0 aliphatic carbocycles. The monoisotopic (exact) mass is 259 g/mol. The van der Waals surface area contributed by atoms with Gasteiger partial charge in [0.2, 0.25) is 0 Å². The summed E-state index contributed by atoms with van der Waals surface area (Å²) in [6, 6.07) is 6.16. The molecule has 0 amide bonds. The summed E-state index contributed by atoms with van der Waals surface area (Å²) in [5, 5.41) is 10.2. The lowest BCUT2D eigenvalue weighted by molar-refractivity contribution is 0.148. The van der Waals surface area contributed by atoms with Gasteiger partial charge in [0.15, 0.2) is 0 Å². The van der Waals surface area contributed by atoms with E-state index in [9.17, 15) is 5.11 Å². The molecule has 0 aromatic heterocycles. The van der Waals surface area contributed by atoms with E-state index in [0.29, 0.717) is 0 Å². The fraction of sp³-hybridized carbons (Fsp3) is 0.412. The number of aryl methyl sites for hydroxylation is 2. The minimum absolute atomic E-state index is 0.406. The Morgan fingerprint density at radius 1 is 1.16 bits per heavy atom. The van der Waals surface area contributed by atoms with Crippen molar-refractivity contribution < 1.29 is 5.11 Å². The second kappa shape index (κ2) is 7.93. The second-order valence-electron chi connectivity index (χ2n) is 4.99. The average Bonchev–Trinajstić information content (AvgIpc) is 2.39. The zero-order chi connectivity index (χ0) is 14.3. The molecular weight excluding hydrogens is 234 g/mol. The van der Waals surface area contributed by atoms with E-state index in [-0.39, 0.29) is 0 Å². The van der Waals surface area contributed by atoms with Crippen molar-refractivity contribution in [1.29, 1.82) is 0 Å². The molecule has 1 unspecified atom stereocenters. The van der Waals surface area contributed by atoms with Gasteiger partial charge in [-0.25, -0.2) is 0 Å². The first-order chi connectivity index (χ1) is 9.08. The molecule has 0 aliphatic rings. The van der Waals surface area contributed by atoms with Gasteiger partial charge in [-0.1, -0.05) is 30.4 Å². The molecule has 1 aromatic carbocycles. The van der Waals surface area contributed by atoms with Crippen LogP contribution in [0.1, 0.15) is 29.2 Å². The minimum Gasteiger partial charge on any atom is -0.388 e. The van der Waals surface area contributed by atoms with E-state index in [4.69, 9.17) is 0 Å². The number of hydrogen-bond donors (Lipinski definition) is 1. The van der Waals surface area contributed by atoms with Crippen molar-refractivity contribution in [3.63, 3.8) is 0 Å². The van der Waals surface area contributed by atoms with Gasteiger partial charge in [-0.15, -0.1) is 13.2 Å². The summed E-state index contributed by atoms with van der Waals surface area (Å²) in [7, 11) is 0. The van der Waals surface area contributed by atoms with Crippen LogP contribution in [0, 0.1) is 13.8 Å². The molecule has 2 nitrogen and oxygen atoms in total. The van der Waals surface area contributed by atoms with Crippen LogP contribution in [0.2, 0.25) is 0 Å². The Morgan fingerprint density at radius 3 is 2.32 bits per heavy atom. The van der Waals surface area contributed by atoms with Crippen molar-refractivity contribution in [3.8, 4) is 0 Å². The molecule has 0 fully saturated rings. The number of rotatable bonds is 8. The Bertz CT molecular complexity index is 415. The summed E-state index contributed by atoms with van der Waals surface area (Å²) in [6.45, 7) is 14.2. The van der Waals surface area contributed by atoms with Gasteiger partial charge in [0, 0.05) is 19.6 Å². The highest BCUT2D eigenvalue weighted by Crippen LogP contribution is 2.20. The second-order valence-corrected chi connectivity index (χ2v) is 4.99. The maximum atomic E-state index is 10.2. The number of aliphatic hydroxyl groups excluding tert-OH is 1. The predicted molar refractivity (Wildman–Crippen MR) is 82.3 cm³/mol. The van der Waals surface area contributed by atoms with E-state index in [1.807, 2.05) is 18.2 Å². The Balaban J connectivity index is 2.57. The SMILES string of the molecule is C=CCN(CC=C)CCC(O)c1ccc(C)c(C)c1. The fourth-order valence-corrected chi connectivity index (χ4v) is 2.07. The number of benzene rings is 1. The molecule has 0 aliphatic heterocycles. The lowest BCUT2D eigenvalue weighted by atomic mass is 10.0. The lowest BCUT2D eigenvalue weighted by Crippen LogP contribution is -2.26. The van der Waals surface area contributed by atoms with E-state index in [1.54, 1.807) is 0 Å². The van der Waals surface area contributed by atoms with Crippen LogP contribution in [0.3, 0.4) is 0 Å². The molecule has 0 heterocycles. The van der Waals surface area contributed by atoms with Gasteiger partial charge in [-0.2, -0.15) is 0 Å². The van der Waals surface area contributed by atoms with Crippen molar-refractivity contribution in [1.82, 2.24) is 4.90 Å². The van der Waals surface area contributed by atoms with E-state index < -0.39 is 6.10 Å². The Labute approximate surface area is 117 Å². The largest absolute Gasteiger partial charge is 0.388 e. The molecular formula is C17H25NO. The molecule has 0 saturated heterocycles. The van der Waals surface area contributed by atoms with Gasteiger partial charge in [0.1, 0.15) is 0 Å². The van der Waals surface area contributed by atoms with Crippen LogP contribution in [0.4, 0.5) is 0 Å². The van der Waals surface area contributed by atoms with Crippen LogP contribution in [0.15, 0.2) is 43.5 Å². The first kappa shape index (κ1) is 15.7. The quantitative estimate of drug-likeness (QED) is 0.723. The molecule has 1 N–H and O–H groups in total. The highest BCUT2D eigenvalue weighted by molar-refractivity contribution is 5.31. The van der Waals surface area contributed by atoms with Gasteiger partial charge < -0.3 is 5.11 Å². The van der Waals surface area contributed by atoms with Gasteiger partial charge in [-0.05, 0) is 37.0 Å². The lowest BCUT2D eigenvalue weighted by Gasteiger charge is -2.21. The first-order valence-electron chi connectivity index (χ1n) is 6.77. The molecule has 0 radical (unpaired) electrons. The van der Waals surface area contributed by atoms with Gasteiger partial charge >= 0.3 is 0 Å². The van der Waals surface area contributed by atoms with Crippen molar-refractivity contribution in [3.05, 3.63) is 60.2 Å². The number of aliphatic hydroxyl groups is 1. The van der Waals surface area contributed by atoms with Crippen LogP contribution in [0.5, 0.6) is 0 Å². The molecule has 19 heavy (non-hydrogen) atoms. The predicted octanol–water partition coefficient (Wildman–Crippen LogP) is 3.40. The molecule has 0 bridgehead atoms. The smallest absolute Gasteiger partial charge is 0.0802 e. The van der Waals surface area contributed by atoms with E-state index in [1.165, 1.54) is 11.1 Å². The standard InChI is InChI=1S/C17H25NO/c1-5-10-18(11-6-2)12-9-17(19)16-8-7-14(3)15(4)13-16/h5-8,13,17,19H,1-2,9-12H2,3-4H3. The molecule has 1 aromatic rings. The van der Waals surface area contributed by atoms with Gasteiger partial charge in [0.05, 0.1) is 6.10 Å². The normalized spacial score (nSPS) is 12.4. The molecule has 1 atom stereocenters. The van der Waals surface area contributed by atoms with Crippen LogP contribution in [-0.2, 0) is 0 Å². The summed E-state index contributed by atoms with van der Waals surface area (Å²) in [6.07, 6.45) is 4.08. The summed E-state index contributed by atoms with van der Waals surface area (Å²) >= 11 is 0. The van der Waals surface area contributed by atoms with Gasteiger partial charge in [0.25, 0.3) is 0 Å². The zero-order valence-corrected chi connectivity index (χ0v) is 12.1. The van der Waals surface area contributed by atoms with Crippen molar-refractivity contribution in [2.75, 3.05) is 19.6 Å². The Hall–Kier alpha value is -1.38. The average molecular weight is 259 g/mol. The van der Waals surface area contributed by atoms with Crippen LogP contribution >= 0.6 is 0 Å². The third-order valence-electron chi connectivity index (χ3n) is 3.41. The fourth-order valence-electron chi connectivity index (χ4n) is 2.07. The minimum atomic E-state index is -0.406. The highest BCUT2D eigenvalue weighted by atomic mass is 16.3. The highest BCUT2D eigenvalue weighted by Gasteiger charge is 2.10. The maximum Gasteiger partial charge on any atom is 0.0802 e. The van der Waals surface area contributed by atoms with E-state index >= 15 is 0 Å². The van der Waals surface area contributed by atoms with Crippen molar-refractivity contribution in [2.45, 2.75) is 26.4 Å². The molecule has 1 rings (SSSR count). The Kier molecular flexibility index (Phi) is 6.54. The number of nitrogens with zero attached hydrogens (tertiary/aromatic N) is 1. The number of hydrogen-bond acceptors (Lipinski definition) is 2. The van der Waals surface area contributed by atoms with Gasteiger partial charge in [-0.3, -0.25) is 4.90 Å². The maximum absolute atomic E-state index is 10.2. The zero-order valence-electron chi connectivity index (χ0n) is 12.1. The van der Waals surface area contributed by atoms with Crippen LogP contribution in [-0.4, -0.2) is 29.6 Å².